The van der Waals surface area contributed by atoms with E-state index in [-0.39, 0.29) is 0 Å². The monoisotopic (exact) mass is 328 g/mol. The minimum Gasteiger partial charge on any atom is -0.323 e. The van der Waals surface area contributed by atoms with Crippen molar-refractivity contribution in [3.63, 3.8) is 0 Å². The summed E-state index contributed by atoms with van der Waals surface area (Å²) in [6.45, 7) is 11.5. The zero-order valence-electron chi connectivity index (χ0n) is 16.2. The number of nitrogens with zero attached hydrogens (tertiary/aromatic N) is 4. The highest BCUT2D eigenvalue weighted by atomic mass is 15.4. The molecule has 0 aromatic carbocycles. The highest BCUT2D eigenvalue weighted by Crippen LogP contribution is 2.37. The summed E-state index contributed by atoms with van der Waals surface area (Å²) in [4.78, 5) is 6.87. The fraction of sp³-hybridized carbons (Fsp3) is 0.600. The Bertz CT molecular complexity index is 652. The first kappa shape index (κ1) is 18.5. The molecule has 0 unspecified atom stereocenters. The number of pyridine rings is 1. The van der Waals surface area contributed by atoms with Crippen LogP contribution in [0.4, 0.5) is 11.5 Å². The molecule has 0 atom stereocenters. The smallest absolute Gasteiger partial charge is 0.158 e. The van der Waals surface area contributed by atoms with Gasteiger partial charge in [0.2, 0.25) is 0 Å². The summed E-state index contributed by atoms with van der Waals surface area (Å²) in [7, 11) is 2.09. The second-order valence-corrected chi connectivity index (χ2v) is 6.29. The Morgan fingerprint density at radius 1 is 1.21 bits per heavy atom. The summed E-state index contributed by atoms with van der Waals surface area (Å²) in [5, 5.41) is 4.86. The van der Waals surface area contributed by atoms with E-state index >= 15 is 0 Å². The van der Waals surface area contributed by atoms with Crippen LogP contribution in [0.15, 0.2) is 12.3 Å². The van der Waals surface area contributed by atoms with Gasteiger partial charge in [-0.15, -0.1) is 0 Å². The molecule has 0 bridgehead atoms. The van der Waals surface area contributed by atoms with Gasteiger partial charge in [-0.25, -0.2) is 0 Å². The third-order valence-corrected chi connectivity index (χ3v) is 4.66. The van der Waals surface area contributed by atoms with Gasteiger partial charge in [-0.05, 0) is 51.2 Å². The van der Waals surface area contributed by atoms with Gasteiger partial charge in [-0.3, -0.25) is 9.67 Å². The van der Waals surface area contributed by atoms with Crippen molar-refractivity contribution < 1.29 is 0 Å². The number of aromatic nitrogens is 3. The molecule has 0 saturated carbocycles. The van der Waals surface area contributed by atoms with Crippen molar-refractivity contribution >= 4 is 11.5 Å². The molecule has 4 heteroatoms. The van der Waals surface area contributed by atoms with Crippen LogP contribution in [0.5, 0.6) is 0 Å². The lowest BCUT2D eigenvalue weighted by Gasteiger charge is -2.30. The molecular formula is C20H32N4. The molecule has 0 saturated heterocycles. The molecule has 4 nitrogen and oxygen atoms in total. The van der Waals surface area contributed by atoms with E-state index in [4.69, 9.17) is 5.10 Å². The van der Waals surface area contributed by atoms with Crippen molar-refractivity contribution in [1.82, 2.24) is 14.8 Å². The van der Waals surface area contributed by atoms with Crippen LogP contribution in [0, 0.1) is 13.8 Å². The van der Waals surface area contributed by atoms with Crippen LogP contribution in [-0.4, -0.2) is 21.3 Å². The van der Waals surface area contributed by atoms with Gasteiger partial charge in [0.15, 0.2) is 5.82 Å². The van der Waals surface area contributed by atoms with Crippen molar-refractivity contribution in [3.8, 4) is 0 Å². The maximum atomic E-state index is 4.86. The zero-order chi connectivity index (χ0) is 17.7. The third-order valence-electron chi connectivity index (χ3n) is 4.66. The minimum absolute atomic E-state index is 1.03. The Balaban J connectivity index is 0.00000100. The lowest BCUT2D eigenvalue weighted by molar-refractivity contribution is 0.673. The highest BCUT2D eigenvalue weighted by molar-refractivity contribution is 5.69. The molecule has 0 spiro atoms. The largest absolute Gasteiger partial charge is 0.323 e. The lowest BCUT2D eigenvalue weighted by Crippen LogP contribution is -2.26. The van der Waals surface area contributed by atoms with Crippen LogP contribution < -0.4 is 4.90 Å². The molecule has 1 aliphatic heterocycles. The Labute approximate surface area is 146 Å². The van der Waals surface area contributed by atoms with Crippen molar-refractivity contribution in [2.24, 2.45) is 7.05 Å². The summed E-state index contributed by atoms with van der Waals surface area (Å²) >= 11 is 0. The van der Waals surface area contributed by atoms with Gasteiger partial charge >= 0.3 is 0 Å². The molecular weight excluding hydrogens is 296 g/mol. The quantitative estimate of drug-likeness (QED) is 0.801. The second kappa shape index (κ2) is 8.32. The van der Waals surface area contributed by atoms with E-state index in [1.807, 2.05) is 20.0 Å². The maximum Gasteiger partial charge on any atom is 0.158 e. The summed E-state index contributed by atoms with van der Waals surface area (Å²) in [6, 6.07) is 2.09. The number of hydrogen-bond donors (Lipinski definition) is 0. The van der Waals surface area contributed by atoms with Gasteiger partial charge in [0.1, 0.15) is 0 Å². The van der Waals surface area contributed by atoms with Crippen LogP contribution in [0.2, 0.25) is 0 Å². The number of rotatable bonds is 4. The molecule has 0 N–H and O–H groups in total. The fourth-order valence-corrected chi connectivity index (χ4v) is 3.55. The van der Waals surface area contributed by atoms with Crippen molar-refractivity contribution in [2.45, 2.75) is 66.7 Å². The van der Waals surface area contributed by atoms with Crippen molar-refractivity contribution in [3.05, 3.63) is 34.8 Å². The molecule has 1 aliphatic rings. The number of unbranched alkanes of at least 4 members (excludes halogenated alkanes) is 1. The normalized spacial score (nSPS) is 13.3. The standard InChI is InChI=1S/C18H26N4.C2H6/c1-5-6-9-16-15-8-7-12-22(18(15)20-21(16)4)17-13(2)10-11-19-14(17)3;1-2/h10-11H,5-9,12H2,1-4H3;1-2H3. The summed E-state index contributed by atoms with van der Waals surface area (Å²) in [5.74, 6) is 1.15. The third kappa shape index (κ3) is 3.47. The van der Waals surface area contributed by atoms with Crippen molar-refractivity contribution in [2.75, 3.05) is 11.4 Å². The molecule has 3 heterocycles. The molecule has 3 rings (SSSR count). The van der Waals surface area contributed by atoms with Gasteiger partial charge in [-0.1, -0.05) is 27.2 Å². The summed E-state index contributed by atoms with van der Waals surface area (Å²) < 4.78 is 2.10. The highest BCUT2D eigenvalue weighted by Gasteiger charge is 2.27. The van der Waals surface area contributed by atoms with Gasteiger partial charge < -0.3 is 4.90 Å². The number of fused-ring (bicyclic) bond motifs is 1. The second-order valence-electron chi connectivity index (χ2n) is 6.29. The van der Waals surface area contributed by atoms with E-state index in [2.05, 4.69) is 48.5 Å². The number of aryl methyl sites for hydroxylation is 3. The molecule has 0 radical (unpaired) electrons. The van der Waals surface area contributed by atoms with Crippen LogP contribution in [0.25, 0.3) is 0 Å². The first-order valence-electron chi connectivity index (χ1n) is 9.38. The van der Waals surface area contributed by atoms with Gasteiger partial charge in [-0.2, -0.15) is 5.10 Å². The van der Waals surface area contributed by atoms with E-state index in [9.17, 15) is 0 Å². The molecule has 132 valence electrons. The lowest BCUT2D eigenvalue weighted by atomic mass is 10.0. The zero-order valence-corrected chi connectivity index (χ0v) is 16.2. The van der Waals surface area contributed by atoms with E-state index in [0.717, 1.165) is 30.9 Å². The minimum atomic E-state index is 1.03. The van der Waals surface area contributed by atoms with E-state index in [1.54, 1.807) is 0 Å². The average Bonchev–Trinajstić information content (AvgIpc) is 2.91. The topological polar surface area (TPSA) is 34.0 Å². The molecule has 0 aliphatic carbocycles. The molecule has 0 fully saturated rings. The van der Waals surface area contributed by atoms with E-state index in [0.29, 0.717) is 0 Å². The van der Waals surface area contributed by atoms with Crippen LogP contribution in [0.1, 0.15) is 62.5 Å². The molecule has 2 aromatic heterocycles. The Morgan fingerprint density at radius 2 is 1.96 bits per heavy atom. The predicted molar refractivity (Wildman–Crippen MR) is 102 cm³/mol. The number of hydrogen-bond acceptors (Lipinski definition) is 3. The SMILES string of the molecule is CC.CCCCc1c2c(nn1C)N(c1c(C)ccnc1C)CCC2. The molecule has 24 heavy (non-hydrogen) atoms. The average molecular weight is 329 g/mol. The van der Waals surface area contributed by atoms with Gasteiger partial charge in [0.05, 0.1) is 11.4 Å². The molecule has 2 aromatic rings. The number of anilines is 2. The van der Waals surface area contributed by atoms with Crippen LogP contribution >= 0.6 is 0 Å². The first-order valence-corrected chi connectivity index (χ1v) is 9.38. The van der Waals surface area contributed by atoms with Crippen molar-refractivity contribution in [1.29, 1.82) is 0 Å². The maximum absolute atomic E-state index is 4.86. The van der Waals surface area contributed by atoms with Gasteiger partial charge in [0, 0.05) is 31.0 Å². The first-order chi connectivity index (χ1) is 11.6. The van der Waals surface area contributed by atoms with Crippen LogP contribution in [-0.2, 0) is 19.9 Å². The van der Waals surface area contributed by atoms with E-state index in [1.165, 1.54) is 41.8 Å². The predicted octanol–water partition coefficient (Wildman–Crippen LogP) is 4.89. The Morgan fingerprint density at radius 3 is 2.62 bits per heavy atom. The van der Waals surface area contributed by atoms with Gasteiger partial charge in [0.25, 0.3) is 0 Å². The van der Waals surface area contributed by atoms with Crippen LogP contribution in [0.3, 0.4) is 0 Å². The fourth-order valence-electron chi connectivity index (χ4n) is 3.55. The Kier molecular flexibility index (Phi) is 6.41. The van der Waals surface area contributed by atoms with E-state index < -0.39 is 0 Å². The summed E-state index contributed by atoms with van der Waals surface area (Å²) in [6.07, 6.45) is 7.82. The Hall–Kier alpha value is -1.84. The summed E-state index contributed by atoms with van der Waals surface area (Å²) in [5.41, 5.74) is 6.48. The molecule has 0 amide bonds.